The topological polar surface area (TPSA) is 136 Å². The number of benzene rings is 3. The number of nitrogens with zero attached hydrogens (tertiary/aromatic N) is 1. The van der Waals surface area contributed by atoms with Gasteiger partial charge in [0.2, 0.25) is 11.8 Å². The molecule has 0 spiro atoms. The van der Waals surface area contributed by atoms with Crippen LogP contribution in [-0.2, 0) is 14.4 Å². The number of carboxylic acid groups (broad SMARTS) is 1. The number of anilines is 2. The molecular weight excluding hydrogens is 591 g/mol. The first kappa shape index (κ1) is 32.3. The van der Waals surface area contributed by atoms with Gasteiger partial charge in [0, 0.05) is 35.1 Å². The Kier molecular flexibility index (Phi) is 10.3. The number of nitrogens with one attached hydrogen (secondary N) is 2. The second-order valence-corrected chi connectivity index (χ2v) is 9.57. The van der Waals surface area contributed by atoms with Crippen molar-refractivity contribution in [2.75, 3.05) is 24.4 Å². The van der Waals surface area contributed by atoms with Crippen molar-refractivity contribution in [2.45, 2.75) is 19.3 Å². The minimum atomic E-state index is -1.30. The van der Waals surface area contributed by atoms with Crippen molar-refractivity contribution in [2.24, 2.45) is 5.41 Å². The molecule has 3 N–H and O–H groups in total. The van der Waals surface area contributed by atoms with E-state index in [1.165, 1.54) is 49.7 Å². The van der Waals surface area contributed by atoms with E-state index in [1.54, 1.807) is 18.2 Å². The van der Waals surface area contributed by atoms with Crippen molar-refractivity contribution in [3.05, 3.63) is 78.5 Å². The van der Waals surface area contributed by atoms with Gasteiger partial charge in [-0.2, -0.15) is 0 Å². The molecule has 1 fully saturated rings. The predicted molar refractivity (Wildman–Crippen MR) is 155 cm³/mol. The van der Waals surface area contributed by atoms with E-state index >= 15 is 4.39 Å². The Morgan fingerprint density at radius 3 is 2.19 bits per heavy atom. The maximum absolute atomic E-state index is 15.1. The van der Waals surface area contributed by atoms with Gasteiger partial charge < -0.3 is 30.0 Å². The Labute approximate surface area is 287 Å². The monoisotopic (exact) mass is 617 g/mol. The zero-order valence-electron chi connectivity index (χ0n) is 22.3. The zero-order chi connectivity index (χ0) is 29.9. The average molecular weight is 618 g/mol. The van der Waals surface area contributed by atoms with Gasteiger partial charge in [-0.3, -0.25) is 19.4 Å². The molecule has 5 rings (SSSR count). The first-order chi connectivity index (χ1) is 20.2. The van der Waals surface area contributed by atoms with E-state index in [9.17, 15) is 18.8 Å². The Balaban J connectivity index is 0.00000423. The van der Waals surface area contributed by atoms with E-state index in [0.717, 1.165) is 6.07 Å². The Hall–Kier alpha value is -3.62. The summed E-state index contributed by atoms with van der Waals surface area (Å²) in [5.74, 6) is -2.59. The number of pyridine rings is 1. The summed E-state index contributed by atoms with van der Waals surface area (Å²) in [5, 5.41) is 14.5. The van der Waals surface area contributed by atoms with E-state index in [4.69, 9.17) is 19.3 Å². The first-order valence-electron chi connectivity index (χ1n) is 12.9. The molecule has 13 heteroatoms. The summed E-state index contributed by atoms with van der Waals surface area (Å²) in [6, 6.07) is 13.8. The van der Waals surface area contributed by atoms with Gasteiger partial charge in [-0.1, -0.05) is 0 Å². The van der Waals surface area contributed by atoms with Gasteiger partial charge in [0.1, 0.15) is 17.0 Å². The molecule has 1 heterocycles. The first-order valence-corrected chi connectivity index (χ1v) is 12.9. The van der Waals surface area contributed by atoms with Crippen LogP contribution in [0.1, 0.15) is 19.3 Å². The van der Waals surface area contributed by atoms with Crippen molar-refractivity contribution < 1.29 is 42.5 Å². The van der Waals surface area contributed by atoms with Crippen LogP contribution in [0, 0.1) is 17.0 Å². The standard InChI is InChI=1S/C30H25F2N3O7.K.H/c1-40-25-15-20-22(16-26(25)41-13-9-27(36)37)33-12-8-23(20)42-24-7-6-19(14-21(24)32)35-29(39)30(10-11-30)28(38)34-18-4-2-17(31)3-5-18;;/h2-8,12,14-16H,9-11,13H2,1H3,(H,34,38)(H,35,39)(H,36,37);;. The number of rotatable bonds is 11. The van der Waals surface area contributed by atoms with Gasteiger partial charge in [-0.05, 0) is 61.4 Å². The fourth-order valence-corrected chi connectivity index (χ4v) is 4.23. The number of amides is 2. The summed E-state index contributed by atoms with van der Waals surface area (Å²) in [6.45, 7) is -0.0679. The van der Waals surface area contributed by atoms with E-state index in [0.29, 0.717) is 40.9 Å². The molecule has 10 nitrogen and oxygen atoms in total. The van der Waals surface area contributed by atoms with Crippen LogP contribution in [0.25, 0.3) is 10.9 Å². The van der Waals surface area contributed by atoms with Gasteiger partial charge >= 0.3 is 57.4 Å². The minimum absolute atomic E-state index is 0. The number of hydrogen-bond donors (Lipinski definition) is 3. The third kappa shape index (κ3) is 7.48. The van der Waals surface area contributed by atoms with Crippen molar-refractivity contribution in [1.82, 2.24) is 4.98 Å². The summed E-state index contributed by atoms with van der Waals surface area (Å²) >= 11 is 0. The maximum atomic E-state index is 15.1. The second-order valence-electron chi connectivity index (χ2n) is 9.57. The van der Waals surface area contributed by atoms with Crippen molar-refractivity contribution in [3.8, 4) is 23.0 Å². The van der Waals surface area contributed by atoms with Crippen molar-refractivity contribution in [1.29, 1.82) is 0 Å². The molecule has 1 aliphatic carbocycles. The molecule has 1 saturated carbocycles. The summed E-state index contributed by atoms with van der Waals surface area (Å²) in [4.78, 5) is 40.8. The zero-order valence-corrected chi connectivity index (χ0v) is 22.3. The third-order valence-electron chi connectivity index (χ3n) is 6.69. The molecule has 4 aromatic rings. The summed E-state index contributed by atoms with van der Waals surface area (Å²) < 4.78 is 45.0. The Morgan fingerprint density at radius 2 is 1.56 bits per heavy atom. The number of ether oxygens (including phenoxy) is 3. The fourth-order valence-electron chi connectivity index (χ4n) is 4.23. The van der Waals surface area contributed by atoms with Gasteiger partial charge in [0.25, 0.3) is 0 Å². The van der Waals surface area contributed by atoms with Crippen molar-refractivity contribution >= 4 is 91.4 Å². The van der Waals surface area contributed by atoms with Crippen LogP contribution in [0.4, 0.5) is 20.2 Å². The average Bonchev–Trinajstić information content (AvgIpc) is 3.78. The number of carboxylic acids is 1. The number of halogens is 2. The molecule has 0 saturated heterocycles. The Bertz CT molecular complexity index is 1680. The number of fused-ring (bicyclic) bond motifs is 1. The van der Waals surface area contributed by atoms with E-state index < -0.39 is 34.8 Å². The molecule has 0 atom stereocenters. The molecule has 0 bridgehead atoms. The molecule has 0 aliphatic heterocycles. The molecule has 1 aliphatic rings. The molecule has 218 valence electrons. The van der Waals surface area contributed by atoms with Crippen LogP contribution < -0.4 is 24.8 Å². The van der Waals surface area contributed by atoms with Crippen LogP contribution >= 0.6 is 0 Å². The summed E-state index contributed by atoms with van der Waals surface area (Å²) in [6.07, 6.45) is 1.91. The quantitative estimate of drug-likeness (QED) is 0.160. The molecule has 3 aromatic carbocycles. The number of carbonyl (C=O) groups is 3. The predicted octanol–water partition coefficient (Wildman–Crippen LogP) is 4.88. The van der Waals surface area contributed by atoms with Crippen LogP contribution in [0.2, 0.25) is 0 Å². The number of methoxy groups -OCH3 is 1. The SMILES string of the molecule is COc1cc2c(Oc3ccc(NC(=O)C4(C(=O)Nc5ccc(F)cc5)CC4)cc3F)ccnc2cc1OCCC(=O)O.[KH]. The van der Waals surface area contributed by atoms with Gasteiger partial charge in [0.05, 0.1) is 25.7 Å². The molecule has 0 unspecified atom stereocenters. The van der Waals surface area contributed by atoms with Crippen LogP contribution in [-0.4, -0.2) is 93.0 Å². The van der Waals surface area contributed by atoms with Gasteiger partial charge in [-0.15, -0.1) is 0 Å². The third-order valence-corrected chi connectivity index (χ3v) is 6.69. The Morgan fingerprint density at radius 1 is 0.884 bits per heavy atom. The van der Waals surface area contributed by atoms with E-state index in [1.807, 2.05) is 0 Å². The fraction of sp³-hybridized carbons (Fsp3) is 0.200. The normalized spacial score (nSPS) is 12.9. The molecular formula is C30H26F2KN3O7. The van der Waals surface area contributed by atoms with E-state index in [2.05, 4.69) is 15.6 Å². The molecule has 43 heavy (non-hydrogen) atoms. The van der Waals surface area contributed by atoms with Crippen molar-refractivity contribution in [3.63, 3.8) is 0 Å². The van der Waals surface area contributed by atoms with Gasteiger partial charge in [0.15, 0.2) is 23.1 Å². The number of aromatic nitrogens is 1. The number of carbonyl (C=O) groups excluding carboxylic acids is 2. The summed E-state index contributed by atoms with van der Waals surface area (Å²) in [5.41, 5.74) is -0.367. The number of aliphatic carboxylic acids is 1. The van der Waals surface area contributed by atoms with Crippen LogP contribution in [0.5, 0.6) is 23.0 Å². The molecule has 1 aromatic heterocycles. The molecule has 0 radical (unpaired) electrons. The van der Waals surface area contributed by atoms with Crippen LogP contribution in [0.15, 0.2) is 66.9 Å². The van der Waals surface area contributed by atoms with Crippen LogP contribution in [0.3, 0.4) is 0 Å². The summed E-state index contributed by atoms with van der Waals surface area (Å²) in [7, 11) is 1.42. The van der Waals surface area contributed by atoms with Gasteiger partial charge in [-0.25, -0.2) is 8.78 Å². The second kappa shape index (κ2) is 13.8. The molecule has 2 amide bonds. The number of hydrogen-bond acceptors (Lipinski definition) is 7. The van der Waals surface area contributed by atoms with E-state index in [-0.39, 0.29) is 81.6 Å².